The minimum Gasteiger partial charge on any atom is -0.480 e. The van der Waals surface area contributed by atoms with Crippen LogP contribution in [0.5, 0.6) is 0 Å². The van der Waals surface area contributed by atoms with Gasteiger partial charge >= 0.3 is 5.97 Å². The largest absolute Gasteiger partial charge is 0.480 e. The molecule has 5 N–H and O–H groups in total. The number of carboxylic acids is 1. The van der Waals surface area contributed by atoms with Gasteiger partial charge in [0.05, 0.1) is 5.71 Å². The van der Waals surface area contributed by atoms with Crippen molar-refractivity contribution in [3.05, 3.63) is 11.6 Å². The highest BCUT2D eigenvalue weighted by molar-refractivity contribution is 5.96. The molecule has 0 spiro atoms. The Balaban J connectivity index is 1.38. The maximum atomic E-state index is 12.4. The molecule has 3 saturated carbocycles. The van der Waals surface area contributed by atoms with Crippen LogP contribution >= 0.6 is 0 Å². The molecule has 4 aliphatic rings. The van der Waals surface area contributed by atoms with E-state index in [1.54, 1.807) is 0 Å². The molecule has 210 valence electrons. The SMILES string of the molecule is CC(=O)[C@@]1(O)CC[C@H]2[C@H]3CCC4=C/C(=N/OCC(=O)N[C@@H](CCC(N)=O)C(=O)O)CC[C@]4(C)[C@H]3CC[C@@]21C. The van der Waals surface area contributed by atoms with E-state index in [4.69, 9.17) is 10.6 Å². The Morgan fingerprint density at radius 2 is 1.84 bits per heavy atom. The molecule has 0 unspecified atom stereocenters. The van der Waals surface area contributed by atoms with Crippen LogP contribution in [-0.2, 0) is 24.0 Å². The monoisotopic (exact) mass is 531 g/mol. The molecule has 38 heavy (non-hydrogen) atoms. The summed E-state index contributed by atoms with van der Waals surface area (Å²) >= 11 is 0. The number of fused-ring (bicyclic) bond motifs is 5. The number of Topliss-reactive ketones (excluding diaryl/α,β-unsaturated/α-hetero) is 1. The van der Waals surface area contributed by atoms with E-state index in [0.29, 0.717) is 30.6 Å². The second-order valence-corrected chi connectivity index (χ2v) is 12.2. The molecular formula is C28H41N3O7. The lowest BCUT2D eigenvalue weighted by Gasteiger charge is -2.59. The van der Waals surface area contributed by atoms with E-state index < -0.39 is 36.0 Å². The molecule has 0 saturated heterocycles. The summed E-state index contributed by atoms with van der Waals surface area (Å²) < 4.78 is 0. The third kappa shape index (κ3) is 4.87. The summed E-state index contributed by atoms with van der Waals surface area (Å²) in [4.78, 5) is 52.1. The minimum atomic E-state index is -1.25. The number of hydrogen-bond donors (Lipinski definition) is 4. The van der Waals surface area contributed by atoms with E-state index in [-0.39, 0.29) is 29.5 Å². The Kier molecular flexibility index (Phi) is 7.76. The molecule has 10 heteroatoms. The predicted octanol–water partition coefficient (Wildman–Crippen LogP) is 2.48. The summed E-state index contributed by atoms with van der Waals surface area (Å²) in [5.74, 6) is -1.28. The number of allylic oxidation sites excluding steroid dienone is 2. The Hall–Kier alpha value is -2.75. The van der Waals surface area contributed by atoms with Crippen LogP contribution in [0.3, 0.4) is 0 Å². The molecule has 0 radical (unpaired) electrons. The zero-order valence-electron chi connectivity index (χ0n) is 22.6. The molecule has 2 amide bonds. The minimum absolute atomic E-state index is 0.0344. The van der Waals surface area contributed by atoms with Gasteiger partial charge in [-0.05, 0) is 94.0 Å². The summed E-state index contributed by atoms with van der Waals surface area (Å²) in [7, 11) is 0. The second-order valence-electron chi connectivity index (χ2n) is 12.2. The van der Waals surface area contributed by atoms with Crippen LogP contribution in [0.1, 0.15) is 85.0 Å². The number of nitrogens with two attached hydrogens (primary N) is 1. The van der Waals surface area contributed by atoms with Crippen LogP contribution in [0.4, 0.5) is 0 Å². The Morgan fingerprint density at radius 1 is 1.13 bits per heavy atom. The first-order valence-corrected chi connectivity index (χ1v) is 13.8. The molecule has 0 aliphatic heterocycles. The van der Waals surface area contributed by atoms with Crippen molar-refractivity contribution in [2.45, 2.75) is 96.6 Å². The lowest BCUT2D eigenvalue weighted by Crippen LogP contribution is -2.57. The number of oxime groups is 1. The van der Waals surface area contributed by atoms with Crippen molar-refractivity contribution in [1.82, 2.24) is 5.32 Å². The predicted molar refractivity (Wildman–Crippen MR) is 139 cm³/mol. The molecule has 10 nitrogen and oxygen atoms in total. The number of aliphatic carboxylic acids is 1. The van der Waals surface area contributed by atoms with E-state index in [1.165, 1.54) is 12.5 Å². The van der Waals surface area contributed by atoms with Gasteiger partial charge in [0, 0.05) is 11.8 Å². The molecule has 4 aliphatic carbocycles. The molecule has 0 aromatic rings. The number of nitrogens with zero attached hydrogens (tertiary/aromatic N) is 1. The molecule has 0 heterocycles. The van der Waals surface area contributed by atoms with Gasteiger partial charge in [0.2, 0.25) is 5.91 Å². The maximum absolute atomic E-state index is 12.4. The number of hydrogen-bond acceptors (Lipinski definition) is 7. The molecule has 0 aromatic heterocycles. The van der Waals surface area contributed by atoms with E-state index >= 15 is 0 Å². The quantitative estimate of drug-likeness (QED) is 0.331. The van der Waals surface area contributed by atoms with Crippen LogP contribution in [0.15, 0.2) is 16.8 Å². The van der Waals surface area contributed by atoms with Crippen LogP contribution in [-0.4, -0.2) is 57.7 Å². The number of aliphatic hydroxyl groups is 1. The average Bonchev–Trinajstić information content (AvgIpc) is 3.13. The van der Waals surface area contributed by atoms with E-state index in [0.717, 1.165) is 44.2 Å². The van der Waals surface area contributed by atoms with Gasteiger partial charge in [-0.2, -0.15) is 0 Å². The van der Waals surface area contributed by atoms with E-state index in [9.17, 15) is 29.4 Å². The van der Waals surface area contributed by atoms with Crippen molar-refractivity contribution in [2.75, 3.05) is 6.61 Å². The Morgan fingerprint density at radius 3 is 2.50 bits per heavy atom. The number of primary amides is 1. The van der Waals surface area contributed by atoms with Crippen molar-refractivity contribution < 1.29 is 34.2 Å². The third-order valence-corrected chi connectivity index (χ3v) is 10.4. The van der Waals surface area contributed by atoms with Crippen molar-refractivity contribution in [2.24, 2.45) is 39.5 Å². The van der Waals surface area contributed by atoms with Crippen LogP contribution < -0.4 is 11.1 Å². The number of ketones is 1. The fourth-order valence-corrected chi connectivity index (χ4v) is 8.19. The average molecular weight is 532 g/mol. The number of amides is 2. The first-order chi connectivity index (χ1) is 17.8. The van der Waals surface area contributed by atoms with E-state index in [1.807, 2.05) is 0 Å². The lowest BCUT2D eigenvalue weighted by molar-refractivity contribution is -0.159. The van der Waals surface area contributed by atoms with Gasteiger partial charge in [-0.3, -0.25) is 14.4 Å². The summed E-state index contributed by atoms with van der Waals surface area (Å²) in [5.41, 5.74) is 5.64. The molecular weight excluding hydrogens is 490 g/mol. The highest BCUT2D eigenvalue weighted by Gasteiger charge is 2.65. The van der Waals surface area contributed by atoms with Crippen LogP contribution in [0, 0.1) is 28.6 Å². The number of carboxylic acid groups (broad SMARTS) is 1. The first-order valence-electron chi connectivity index (χ1n) is 13.8. The molecule has 4 rings (SSSR count). The van der Waals surface area contributed by atoms with Crippen molar-refractivity contribution >= 4 is 29.3 Å². The standard InChI is InChI=1S/C28H41N3O7/c1-16(32)28(37)13-10-21-19-5-4-17-14-18(8-11-26(17,2)20(19)9-12-27(21,28)3)31-38-15-24(34)30-22(25(35)36)6-7-23(29)33/h14,19-22,37H,4-13,15H2,1-3H3,(H2,29,33)(H,30,34)(H,35,36)/b31-18+/t19-,20-,21-,22-,26-,27-,28-/m0/s1. The Labute approximate surface area is 223 Å². The van der Waals surface area contributed by atoms with Crippen LogP contribution in [0.25, 0.3) is 0 Å². The third-order valence-electron chi connectivity index (χ3n) is 10.4. The zero-order valence-corrected chi connectivity index (χ0v) is 22.6. The highest BCUT2D eigenvalue weighted by Crippen LogP contribution is 2.67. The summed E-state index contributed by atoms with van der Waals surface area (Å²) in [6, 6.07) is -1.22. The van der Waals surface area contributed by atoms with Gasteiger partial charge in [-0.25, -0.2) is 4.79 Å². The highest BCUT2D eigenvalue weighted by atomic mass is 16.6. The van der Waals surface area contributed by atoms with Crippen LogP contribution in [0.2, 0.25) is 0 Å². The van der Waals surface area contributed by atoms with Gasteiger partial charge in [-0.1, -0.05) is 24.6 Å². The zero-order chi connectivity index (χ0) is 27.9. The molecule has 0 aromatic carbocycles. The second kappa shape index (κ2) is 10.4. The molecule has 7 atom stereocenters. The number of carbonyl (C=O) groups excluding carboxylic acids is 3. The summed E-state index contributed by atoms with van der Waals surface area (Å²) in [6.07, 6.45) is 8.75. The van der Waals surface area contributed by atoms with Gasteiger partial charge in [0.25, 0.3) is 5.91 Å². The van der Waals surface area contributed by atoms with Crippen molar-refractivity contribution in [1.29, 1.82) is 0 Å². The Bertz CT molecular complexity index is 1070. The van der Waals surface area contributed by atoms with Gasteiger partial charge in [0.15, 0.2) is 12.4 Å². The fourth-order valence-electron chi connectivity index (χ4n) is 8.19. The first kappa shape index (κ1) is 28.3. The topological polar surface area (TPSA) is 168 Å². The number of carbonyl (C=O) groups is 4. The van der Waals surface area contributed by atoms with Crippen molar-refractivity contribution in [3.8, 4) is 0 Å². The smallest absolute Gasteiger partial charge is 0.326 e. The normalized spacial score (nSPS) is 37.7. The maximum Gasteiger partial charge on any atom is 0.326 e. The van der Waals surface area contributed by atoms with Gasteiger partial charge < -0.3 is 26.1 Å². The number of nitrogens with one attached hydrogen (secondary N) is 1. The number of rotatable bonds is 9. The fraction of sp³-hybridized carbons (Fsp3) is 0.750. The van der Waals surface area contributed by atoms with Crippen molar-refractivity contribution in [3.63, 3.8) is 0 Å². The van der Waals surface area contributed by atoms with Gasteiger partial charge in [-0.15, -0.1) is 0 Å². The summed E-state index contributed by atoms with van der Waals surface area (Å²) in [5, 5.41) is 27.0. The van der Waals surface area contributed by atoms with E-state index in [2.05, 4.69) is 30.4 Å². The van der Waals surface area contributed by atoms with Gasteiger partial charge in [0.1, 0.15) is 11.6 Å². The molecule has 3 fully saturated rings. The lowest BCUT2D eigenvalue weighted by atomic mass is 9.46. The molecule has 0 bridgehead atoms. The summed E-state index contributed by atoms with van der Waals surface area (Å²) in [6.45, 7) is 5.58.